The molecule has 0 saturated carbocycles. The van der Waals surface area contributed by atoms with Crippen LogP contribution in [0.25, 0.3) is 0 Å². The van der Waals surface area contributed by atoms with E-state index in [1.165, 1.54) is 6.92 Å². The molecule has 0 aliphatic heterocycles. The lowest BCUT2D eigenvalue weighted by Gasteiger charge is -2.36. The first-order chi connectivity index (χ1) is 9.62. The summed E-state index contributed by atoms with van der Waals surface area (Å²) < 4.78 is 11.3. The molecule has 0 amide bonds. The number of rotatable bonds is 7. The molecule has 0 spiro atoms. The van der Waals surface area contributed by atoms with E-state index < -0.39 is 8.32 Å². The van der Waals surface area contributed by atoms with Gasteiger partial charge in [0.2, 0.25) is 0 Å². The van der Waals surface area contributed by atoms with Crippen molar-refractivity contribution in [3.8, 4) is 0 Å². The minimum absolute atomic E-state index is 0.0662. The van der Waals surface area contributed by atoms with Crippen LogP contribution in [0.2, 0.25) is 18.1 Å². The molecule has 1 aliphatic carbocycles. The maximum atomic E-state index is 10.9. The van der Waals surface area contributed by atoms with Gasteiger partial charge in [0.15, 0.2) is 8.32 Å². The third-order valence-electron chi connectivity index (χ3n) is 4.36. The summed E-state index contributed by atoms with van der Waals surface area (Å²) in [6, 6.07) is 0.308. The van der Waals surface area contributed by atoms with Crippen LogP contribution in [0, 0.1) is 0 Å². The number of hydrogen-bond donors (Lipinski definition) is 1. The molecule has 1 rings (SSSR count). The lowest BCUT2D eigenvalue weighted by molar-refractivity contribution is -0.144. The maximum Gasteiger partial charge on any atom is 0.303 e. The molecule has 0 aromatic rings. The summed E-state index contributed by atoms with van der Waals surface area (Å²) in [7, 11) is -1.62. The largest absolute Gasteiger partial charge is 0.458 e. The lowest BCUT2D eigenvalue weighted by atomic mass is 10.2. The van der Waals surface area contributed by atoms with Gasteiger partial charge in [-0.25, -0.2) is 0 Å². The number of hydrogen-bond acceptors (Lipinski definition) is 4. The molecule has 0 saturated heterocycles. The Bertz CT molecular complexity index is 374. The van der Waals surface area contributed by atoms with Crippen molar-refractivity contribution < 1.29 is 14.0 Å². The second-order valence-electron chi connectivity index (χ2n) is 7.29. The van der Waals surface area contributed by atoms with Gasteiger partial charge in [0, 0.05) is 26.0 Å². The molecular weight excluding hydrogens is 282 g/mol. The van der Waals surface area contributed by atoms with Gasteiger partial charge in [0.25, 0.3) is 0 Å². The molecule has 1 N–H and O–H groups in total. The molecular formula is C16H31NO3Si. The van der Waals surface area contributed by atoms with Crippen LogP contribution in [0.1, 0.15) is 40.5 Å². The van der Waals surface area contributed by atoms with Gasteiger partial charge in [-0.05, 0) is 37.2 Å². The maximum absolute atomic E-state index is 10.9. The number of nitrogens with one attached hydrogen (secondary N) is 1. The molecule has 0 aromatic heterocycles. The Labute approximate surface area is 130 Å². The van der Waals surface area contributed by atoms with Gasteiger partial charge in [-0.1, -0.05) is 26.8 Å². The highest BCUT2D eigenvalue weighted by Crippen LogP contribution is 2.36. The van der Waals surface area contributed by atoms with E-state index in [-0.39, 0.29) is 17.1 Å². The van der Waals surface area contributed by atoms with Crippen molar-refractivity contribution in [1.82, 2.24) is 5.32 Å². The van der Waals surface area contributed by atoms with Crippen LogP contribution >= 0.6 is 0 Å². The van der Waals surface area contributed by atoms with Gasteiger partial charge in [0.05, 0.1) is 0 Å². The standard InChI is InChI=1S/C16H31NO3Si/c1-13(18)20-15-9-8-14(12-15)17-10-7-11-19-21(5,6)16(2,3)4/h8-9,14-15,17H,7,10-12H2,1-6H3/t14-,15+/m1/s1. The second kappa shape index (κ2) is 7.56. The van der Waals surface area contributed by atoms with Crippen LogP contribution in [0.5, 0.6) is 0 Å². The zero-order valence-electron chi connectivity index (χ0n) is 14.4. The summed E-state index contributed by atoms with van der Waals surface area (Å²) in [5.41, 5.74) is 0. The van der Waals surface area contributed by atoms with E-state index in [2.05, 4.69) is 45.3 Å². The smallest absolute Gasteiger partial charge is 0.303 e. The van der Waals surface area contributed by atoms with Crippen LogP contribution in [-0.2, 0) is 14.0 Å². The van der Waals surface area contributed by atoms with Gasteiger partial charge in [0.1, 0.15) is 6.10 Å². The molecule has 0 aromatic carbocycles. The Hall–Kier alpha value is -0.653. The van der Waals surface area contributed by atoms with E-state index in [0.717, 1.165) is 26.0 Å². The predicted octanol–water partition coefficient (Wildman–Crippen LogP) is 3.25. The molecule has 0 unspecified atom stereocenters. The van der Waals surface area contributed by atoms with Gasteiger partial charge in [-0.2, -0.15) is 0 Å². The minimum Gasteiger partial charge on any atom is -0.458 e. The van der Waals surface area contributed by atoms with Crippen LogP contribution in [0.3, 0.4) is 0 Å². The first-order valence-electron chi connectivity index (χ1n) is 7.85. The van der Waals surface area contributed by atoms with E-state index in [0.29, 0.717) is 6.04 Å². The minimum atomic E-state index is -1.62. The lowest BCUT2D eigenvalue weighted by Crippen LogP contribution is -2.41. The van der Waals surface area contributed by atoms with E-state index in [1.807, 2.05) is 6.08 Å². The Morgan fingerprint density at radius 3 is 2.57 bits per heavy atom. The fraction of sp³-hybridized carbons (Fsp3) is 0.812. The molecule has 21 heavy (non-hydrogen) atoms. The van der Waals surface area contributed by atoms with Gasteiger partial charge in [-0.15, -0.1) is 0 Å². The van der Waals surface area contributed by atoms with Crippen molar-refractivity contribution in [2.75, 3.05) is 13.2 Å². The summed E-state index contributed by atoms with van der Waals surface area (Å²) in [5.74, 6) is -0.215. The van der Waals surface area contributed by atoms with E-state index >= 15 is 0 Å². The van der Waals surface area contributed by atoms with Crippen LogP contribution < -0.4 is 5.32 Å². The summed E-state index contributed by atoms with van der Waals surface area (Å²) in [6.45, 7) is 14.5. The Balaban J connectivity index is 2.14. The van der Waals surface area contributed by atoms with Gasteiger partial charge in [-0.3, -0.25) is 4.79 Å². The summed E-state index contributed by atoms with van der Waals surface area (Å²) >= 11 is 0. The first kappa shape index (κ1) is 18.4. The SMILES string of the molecule is CC(=O)O[C@H]1C=C[C@@H](NCCCO[Si](C)(C)C(C)(C)C)C1. The molecule has 0 fully saturated rings. The fourth-order valence-corrected chi connectivity index (χ4v) is 3.11. The molecule has 0 heterocycles. The number of esters is 1. The van der Waals surface area contributed by atoms with E-state index in [9.17, 15) is 4.79 Å². The van der Waals surface area contributed by atoms with Crippen molar-refractivity contribution in [2.24, 2.45) is 0 Å². The average molecular weight is 314 g/mol. The molecule has 122 valence electrons. The quantitative estimate of drug-likeness (QED) is 0.339. The highest BCUT2D eigenvalue weighted by Gasteiger charge is 2.36. The number of ether oxygens (including phenoxy) is 1. The fourth-order valence-electron chi connectivity index (χ4n) is 2.02. The topological polar surface area (TPSA) is 47.6 Å². The van der Waals surface area contributed by atoms with Crippen LogP contribution in [0.4, 0.5) is 0 Å². The third-order valence-corrected chi connectivity index (χ3v) is 8.90. The Morgan fingerprint density at radius 2 is 2.00 bits per heavy atom. The molecule has 4 nitrogen and oxygen atoms in total. The monoisotopic (exact) mass is 313 g/mol. The molecule has 5 heteroatoms. The normalized spacial score (nSPS) is 22.6. The average Bonchev–Trinajstić information content (AvgIpc) is 2.73. The molecule has 0 bridgehead atoms. The van der Waals surface area contributed by atoms with E-state index in [1.54, 1.807) is 0 Å². The zero-order valence-corrected chi connectivity index (χ0v) is 15.4. The van der Waals surface area contributed by atoms with Crippen molar-refractivity contribution in [3.63, 3.8) is 0 Å². The van der Waals surface area contributed by atoms with Crippen LogP contribution in [-0.4, -0.2) is 39.6 Å². The second-order valence-corrected chi connectivity index (χ2v) is 12.1. The van der Waals surface area contributed by atoms with Crippen LogP contribution in [0.15, 0.2) is 12.2 Å². The Morgan fingerprint density at radius 1 is 1.33 bits per heavy atom. The highest BCUT2D eigenvalue weighted by molar-refractivity contribution is 6.74. The van der Waals surface area contributed by atoms with Crippen molar-refractivity contribution in [3.05, 3.63) is 12.2 Å². The van der Waals surface area contributed by atoms with Crippen molar-refractivity contribution >= 4 is 14.3 Å². The van der Waals surface area contributed by atoms with Gasteiger partial charge < -0.3 is 14.5 Å². The first-order valence-corrected chi connectivity index (χ1v) is 10.8. The number of carbonyl (C=O) groups excluding carboxylic acids is 1. The summed E-state index contributed by atoms with van der Waals surface area (Å²) in [5, 5.41) is 3.74. The Kier molecular flexibility index (Phi) is 6.62. The van der Waals surface area contributed by atoms with Crippen molar-refractivity contribution in [2.45, 2.75) is 70.8 Å². The highest BCUT2D eigenvalue weighted by atomic mass is 28.4. The van der Waals surface area contributed by atoms with Gasteiger partial charge >= 0.3 is 5.97 Å². The number of carbonyl (C=O) groups is 1. The third kappa shape index (κ3) is 6.32. The molecule has 0 radical (unpaired) electrons. The predicted molar refractivity (Wildman–Crippen MR) is 88.9 cm³/mol. The van der Waals surface area contributed by atoms with E-state index in [4.69, 9.17) is 9.16 Å². The zero-order chi connectivity index (χ0) is 16.1. The molecule has 1 aliphatic rings. The summed E-state index contributed by atoms with van der Waals surface area (Å²) in [4.78, 5) is 10.9. The van der Waals surface area contributed by atoms with Crippen molar-refractivity contribution in [1.29, 1.82) is 0 Å². The summed E-state index contributed by atoms with van der Waals surface area (Å²) in [6.07, 6.45) is 5.83. The molecule has 2 atom stereocenters.